The van der Waals surface area contributed by atoms with E-state index in [1.54, 1.807) is 18.2 Å². The first-order valence-corrected chi connectivity index (χ1v) is 5.68. The molecular formula is C9H13NO3S. The van der Waals surface area contributed by atoms with Crippen LogP contribution in [0.15, 0.2) is 29.2 Å². The highest BCUT2D eigenvalue weighted by atomic mass is 32.2. The predicted octanol–water partition coefficient (Wildman–Crippen LogP) is 1.75. The van der Waals surface area contributed by atoms with Gasteiger partial charge in [0, 0.05) is 6.04 Å². The van der Waals surface area contributed by atoms with Crippen molar-refractivity contribution in [3.8, 4) is 0 Å². The van der Waals surface area contributed by atoms with Crippen LogP contribution >= 0.6 is 0 Å². The zero-order chi connectivity index (χ0) is 10.8. The summed E-state index contributed by atoms with van der Waals surface area (Å²) in [7, 11) is -4.14. The average Bonchev–Trinajstić information content (AvgIpc) is 2.01. The van der Waals surface area contributed by atoms with Crippen LogP contribution in [-0.2, 0) is 10.1 Å². The van der Waals surface area contributed by atoms with E-state index in [-0.39, 0.29) is 10.9 Å². The topological polar surface area (TPSA) is 66.4 Å². The van der Waals surface area contributed by atoms with Crippen molar-refractivity contribution in [1.82, 2.24) is 0 Å². The normalized spacial score (nSPS) is 11.7. The van der Waals surface area contributed by atoms with Crippen LogP contribution in [-0.4, -0.2) is 19.0 Å². The van der Waals surface area contributed by atoms with Gasteiger partial charge in [-0.3, -0.25) is 4.55 Å². The molecule has 0 amide bonds. The van der Waals surface area contributed by atoms with Crippen molar-refractivity contribution in [3.05, 3.63) is 24.3 Å². The molecule has 0 atom stereocenters. The molecule has 2 N–H and O–H groups in total. The second-order valence-electron chi connectivity index (χ2n) is 3.27. The Kier molecular flexibility index (Phi) is 3.13. The molecule has 0 radical (unpaired) electrons. The maximum Gasteiger partial charge on any atom is 0.296 e. The van der Waals surface area contributed by atoms with E-state index in [9.17, 15) is 8.42 Å². The van der Waals surface area contributed by atoms with Gasteiger partial charge in [0.1, 0.15) is 4.90 Å². The molecule has 0 bridgehead atoms. The second kappa shape index (κ2) is 3.98. The molecule has 5 heteroatoms. The largest absolute Gasteiger partial charge is 0.382 e. The lowest BCUT2D eigenvalue weighted by Crippen LogP contribution is -2.13. The molecule has 1 aromatic rings. The quantitative estimate of drug-likeness (QED) is 0.754. The fourth-order valence-corrected chi connectivity index (χ4v) is 1.78. The molecule has 0 saturated carbocycles. The Hall–Kier alpha value is -1.07. The van der Waals surface area contributed by atoms with Gasteiger partial charge in [0.05, 0.1) is 5.69 Å². The molecule has 4 nitrogen and oxygen atoms in total. The Labute approximate surface area is 83.7 Å². The van der Waals surface area contributed by atoms with Crippen molar-refractivity contribution in [2.24, 2.45) is 0 Å². The molecule has 0 aliphatic rings. The Bertz CT molecular complexity index is 412. The monoisotopic (exact) mass is 215 g/mol. The summed E-state index contributed by atoms with van der Waals surface area (Å²) in [6.07, 6.45) is 0. The number of anilines is 1. The Balaban J connectivity index is 3.17. The highest BCUT2D eigenvalue weighted by Gasteiger charge is 2.14. The maximum atomic E-state index is 11.0. The summed E-state index contributed by atoms with van der Waals surface area (Å²) in [5.74, 6) is 0. The van der Waals surface area contributed by atoms with Gasteiger partial charge in [0.2, 0.25) is 0 Å². The number of nitrogens with one attached hydrogen (secondary N) is 1. The summed E-state index contributed by atoms with van der Waals surface area (Å²) in [4.78, 5) is -0.0892. The number of rotatable bonds is 3. The first-order chi connectivity index (χ1) is 6.41. The molecule has 0 aromatic heterocycles. The van der Waals surface area contributed by atoms with Gasteiger partial charge in [0.25, 0.3) is 10.1 Å². The summed E-state index contributed by atoms with van der Waals surface area (Å²) < 4.78 is 30.8. The zero-order valence-corrected chi connectivity index (χ0v) is 8.88. The van der Waals surface area contributed by atoms with Crippen LogP contribution in [0.5, 0.6) is 0 Å². The number of para-hydroxylation sites is 1. The minimum absolute atomic E-state index is 0.0892. The van der Waals surface area contributed by atoms with Gasteiger partial charge in [0.15, 0.2) is 0 Å². The van der Waals surface area contributed by atoms with Gasteiger partial charge in [-0.05, 0) is 26.0 Å². The minimum atomic E-state index is -4.14. The molecule has 0 unspecified atom stereocenters. The number of hydrogen-bond donors (Lipinski definition) is 2. The van der Waals surface area contributed by atoms with Gasteiger partial charge >= 0.3 is 0 Å². The fraction of sp³-hybridized carbons (Fsp3) is 0.333. The molecule has 0 aliphatic heterocycles. The van der Waals surface area contributed by atoms with Gasteiger partial charge in [-0.1, -0.05) is 12.1 Å². The van der Waals surface area contributed by atoms with E-state index in [0.717, 1.165) is 0 Å². The standard InChI is InChI=1S/C9H13NO3S/c1-7(2)10-8-5-3-4-6-9(8)14(11,12)13/h3-7,10H,1-2H3,(H,11,12,13). The van der Waals surface area contributed by atoms with Crippen molar-refractivity contribution in [3.63, 3.8) is 0 Å². The van der Waals surface area contributed by atoms with E-state index in [2.05, 4.69) is 5.32 Å². The summed E-state index contributed by atoms with van der Waals surface area (Å²) >= 11 is 0. The smallest absolute Gasteiger partial charge is 0.296 e. The number of benzene rings is 1. The molecule has 0 heterocycles. The lowest BCUT2D eigenvalue weighted by Gasteiger charge is -2.12. The molecule has 0 spiro atoms. The van der Waals surface area contributed by atoms with E-state index < -0.39 is 10.1 Å². The van der Waals surface area contributed by atoms with Crippen LogP contribution in [0.1, 0.15) is 13.8 Å². The van der Waals surface area contributed by atoms with Crippen molar-refractivity contribution < 1.29 is 13.0 Å². The first-order valence-electron chi connectivity index (χ1n) is 4.24. The molecule has 0 saturated heterocycles. The third kappa shape index (κ3) is 2.71. The molecule has 0 aliphatic carbocycles. The third-order valence-corrected chi connectivity index (χ3v) is 2.52. The van der Waals surface area contributed by atoms with Crippen molar-refractivity contribution in [2.75, 3.05) is 5.32 Å². The molecule has 1 rings (SSSR count). The van der Waals surface area contributed by atoms with Crippen LogP contribution in [0.4, 0.5) is 5.69 Å². The summed E-state index contributed by atoms with van der Waals surface area (Å²) in [6, 6.07) is 6.36. The van der Waals surface area contributed by atoms with E-state index >= 15 is 0 Å². The Morgan fingerprint density at radius 3 is 2.36 bits per heavy atom. The number of hydrogen-bond acceptors (Lipinski definition) is 3. The zero-order valence-electron chi connectivity index (χ0n) is 8.06. The Morgan fingerprint density at radius 2 is 1.86 bits per heavy atom. The summed E-state index contributed by atoms with van der Waals surface area (Å²) in [5.41, 5.74) is 0.421. The van der Waals surface area contributed by atoms with E-state index in [0.29, 0.717) is 5.69 Å². The fourth-order valence-electron chi connectivity index (χ4n) is 1.12. The van der Waals surface area contributed by atoms with Gasteiger partial charge in [-0.25, -0.2) is 0 Å². The average molecular weight is 215 g/mol. The predicted molar refractivity (Wildman–Crippen MR) is 55.0 cm³/mol. The van der Waals surface area contributed by atoms with Crippen molar-refractivity contribution in [1.29, 1.82) is 0 Å². The highest BCUT2D eigenvalue weighted by molar-refractivity contribution is 7.86. The van der Waals surface area contributed by atoms with E-state index in [1.165, 1.54) is 6.07 Å². The maximum absolute atomic E-state index is 11.0. The van der Waals surface area contributed by atoms with E-state index in [4.69, 9.17) is 4.55 Å². The van der Waals surface area contributed by atoms with Gasteiger partial charge in [-0.2, -0.15) is 8.42 Å². The molecular weight excluding hydrogens is 202 g/mol. The Morgan fingerprint density at radius 1 is 1.29 bits per heavy atom. The van der Waals surface area contributed by atoms with Crippen molar-refractivity contribution >= 4 is 15.8 Å². The second-order valence-corrected chi connectivity index (χ2v) is 4.66. The summed E-state index contributed by atoms with van der Waals surface area (Å²) in [6.45, 7) is 3.78. The minimum Gasteiger partial charge on any atom is -0.382 e. The van der Waals surface area contributed by atoms with Gasteiger partial charge < -0.3 is 5.32 Å². The molecule has 78 valence electrons. The summed E-state index contributed by atoms with van der Waals surface area (Å²) in [5, 5.41) is 2.94. The van der Waals surface area contributed by atoms with E-state index in [1.807, 2.05) is 13.8 Å². The van der Waals surface area contributed by atoms with Crippen molar-refractivity contribution in [2.45, 2.75) is 24.8 Å². The SMILES string of the molecule is CC(C)Nc1ccccc1S(=O)(=O)O. The lowest BCUT2D eigenvalue weighted by molar-refractivity contribution is 0.483. The third-order valence-electron chi connectivity index (χ3n) is 1.61. The van der Waals surface area contributed by atoms with Crippen LogP contribution in [0, 0.1) is 0 Å². The van der Waals surface area contributed by atoms with Crippen LogP contribution in [0.25, 0.3) is 0 Å². The van der Waals surface area contributed by atoms with Crippen LogP contribution in [0.3, 0.4) is 0 Å². The molecule has 0 fully saturated rings. The van der Waals surface area contributed by atoms with Crippen LogP contribution in [0.2, 0.25) is 0 Å². The van der Waals surface area contributed by atoms with Gasteiger partial charge in [-0.15, -0.1) is 0 Å². The highest BCUT2D eigenvalue weighted by Crippen LogP contribution is 2.20. The lowest BCUT2D eigenvalue weighted by atomic mass is 10.3. The molecule has 14 heavy (non-hydrogen) atoms. The molecule has 1 aromatic carbocycles. The first kappa shape index (κ1) is 11.0. The van der Waals surface area contributed by atoms with Crippen LogP contribution < -0.4 is 5.32 Å².